The fourth-order valence-electron chi connectivity index (χ4n) is 2.40. The summed E-state index contributed by atoms with van der Waals surface area (Å²) in [7, 11) is 0. The van der Waals surface area contributed by atoms with Crippen LogP contribution in [0.15, 0.2) is 63.7 Å². The smallest absolute Gasteiger partial charge is 0.322 e. The van der Waals surface area contributed by atoms with Crippen LogP contribution in [0.25, 0.3) is 22.4 Å². The first-order valence-electron chi connectivity index (χ1n) is 7.30. The molecule has 0 fully saturated rings. The number of carbonyl (C=O) groups is 1. The second-order valence-corrected chi connectivity index (χ2v) is 5.20. The van der Waals surface area contributed by atoms with Crippen molar-refractivity contribution in [1.82, 2.24) is 15.4 Å². The molecule has 2 aromatic heterocycles. The molecule has 24 heavy (non-hydrogen) atoms. The summed E-state index contributed by atoms with van der Waals surface area (Å²) in [5.74, 6) is 0.268. The maximum Gasteiger partial charge on any atom is 0.322 e. The van der Waals surface area contributed by atoms with Gasteiger partial charge in [-0.3, -0.25) is 10.1 Å². The van der Waals surface area contributed by atoms with Crippen LogP contribution < -0.4 is 5.32 Å². The van der Waals surface area contributed by atoms with Crippen molar-refractivity contribution in [1.29, 1.82) is 0 Å². The molecule has 4 rings (SSSR count). The van der Waals surface area contributed by atoms with Crippen LogP contribution in [0.5, 0.6) is 0 Å². The predicted molar refractivity (Wildman–Crippen MR) is 86.1 cm³/mol. The van der Waals surface area contributed by atoms with Gasteiger partial charge in [0.05, 0.1) is 12.6 Å². The van der Waals surface area contributed by atoms with E-state index in [1.807, 2.05) is 42.5 Å². The Kier molecular flexibility index (Phi) is 3.51. The minimum Gasteiger partial charge on any atom is -0.400 e. The van der Waals surface area contributed by atoms with Crippen molar-refractivity contribution in [3.63, 3.8) is 0 Å². The largest absolute Gasteiger partial charge is 0.400 e. The Morgan fingerprint density at radius 1 is 1.04 bits per heavy atom. The van der Waals surface area contributed by atoms with E-state index in [-0.39, 0.29) is 24.2 Å². The van der Waals surface area contributed by atoms with Crippen molar-refractivity contribution >= 4 is 22.7 Å². The van der Waals surface area contributed by atoms with Gasteiger partial charge in [-0.05, 0) is 16.3 Å². The molecule has 118 valence electrons. The summed E-state index contributed by atoms with van der Waals surface area (Å²) in [5, 5.41) is 15.9. The third kappa shape index (κ3) is 2.87. The molecule has 0 saturated heterocycles. The third-order valence-electron chi connectivity index (χ3n) is 3.50. The number of amides is 1. The first-order chi connectivity index (χ1) is 11.8. The Bertz CT molecular complexity index is 992. The van der Waals surface area contributed by atoms with Gasteiger partial charge >= 0.3 is 6.01 Å². The lowest BCUT2D eigenvalue weighted by molar-refractivity contribution is -0.115. The summed E-state index contributed by atoms with van der Waals surface area (Å²) in [6.45, 7) is 0. The molecule has 2 aromatic carbocycles. The van der Waals surface area contributed by atoms with E-state index < -0.39 is 0 Å². The average Bonchev–Trinajstić information content (AvgIpc) is 3.26. The van der Waals surface area contributed by atoms with Crippen LogP contribution in [0.4, 0.5) is 6.01 Å². The van der Waals surface area contributed by atoms with Crippen LogP contribution in [-0.2, 0) is 11.2 Å². The molecule has 7 nitrogen and oxygen atoms in total. The molecule has 1 N–H and O–H groups in total. The van der Waals surface area contributed by atoms with Crippen LogP contribution >= 0.6 is 0 Å². The molecule has 0 radical (unpaired) electrons. The van der Waals surface area contributed by atoms with Crippen molar-refractivity contribution in [2.24, 2.45) is 0 Å². The molecule has 1 amide bonds. The van der Waals surface area contributed by atoms with Gasteiger partial charge in [-0.25, -0.2) is 0 Å². The van der Waals surface area contributed by atoms with E-state index in [1.54, 1.807) is 6.07 Å². The normalized spacial score (nSPS) is 10.8. The summed E-state index contributed by atoms with van der Waals surface area (Å²) in [5.41, 5.74) is 0.904. The van der Waals surface area contributed by atoms with Crippen molar-refractivity contribution in [3.05, 3.63) is 60.3 Å². The fourth-order valence-corrected chi connectivity index (χ4v) is 2.40. The van der Waals surface area contributed by atoms with Crippen molar-refractivity contribution < 1.29 is 13.7 Å². The Balaban J connectivity index is 1.46. The molecule has 7 heteroatoms. The van der Waals surface area contributed by atoms with Gasteiger partial charge in [-0.15, -0.1) is 5.10 Å². The Morgan fingerprint density at radius 3 is 2.75 bits per heavy atom. The number of rotatable bonds is 4. The summed E-state index contributed by atoms with van der Waals surface area (Å²) in [6, 6.07) is 15.5. The Morgan fingerprint density at radius 2 is 1.92 bits per heavy atom. The second kappa shape index (κ2) is 5.96. The highest BCUT2D eigenvalue weighted by molar-refractivity contribution is 5.91. The first-order valence-corrected chi connectivity index (χ1v) is 7.30. The number of hydrogen-bond acceptors (Lipinski definition) is 6. The lowest BCUT2D eigenvalue weighted by Gasteiger charge is -2.03. The lowest BCUT2D eigenvalue weighted by Crippen LogP contribution is -2.14. The quantitative estimate of drug-likeness (QED) is 0.621. The van der Waals surface area contributed by atoms with Gasteiger partial charge in [-0.2, -0.15) is 0 Å². The van der Waals surface area contributed by atoms with Crippen molar-refractivity contribution in [2.45, 2.75) is 6.42 Å². The van der Waals surface area contributed by atoms with Crippen LogP contribution in [-0.4, -0.2) is 21.3 Å². The highest BCUT2D eigenvalue weighted by atomic mass is 16.5. The number of carbonyl (C=O) groups excluding carboxylic acids is 1. The molecule has 2 heterocycles. The molecule has 0 aliphatic heterocycles. The minimum atomic E-state index is -0.238. The number of benzene rings is 2. The summed E-state index contributed by atoms with van der Waals surface area (Å²) in [4.78, 5) is 12.1. The highest BCUT2D eigenvalue weighted by Crippen LogP contribution is 2.19. The lowest BCUT2D eigenvalue weighted by atomic mass is 10.1. The molecule has 0 aliphatic rings. The number of hydrogen-bond donors (Lipinski definition) is 1. The molecule has 0 atom stereocenters. The molecule has 4 aromatic rings. The number of anilines is 1. The number of nitrogens with one attached hydrogen (secondary N) is 1. The molecule has 0 unspecified atom stereocenters. The fraction of sp³-hybridized carbons (Fsp3) is 0.0588. The van der Waals surface area contributed by atoms with Crippen LogP contribution in [0.3, 0.4) is 0 Å². The number of fused-ring (bicyclic) bond motifs is 1. The van der Waals surface area contributed by atoms with Crippen LogP contribution in [0.1, 0.15) is 5.56 Å². The van der Waals surface area contributed by atoms with E-state index in [9.17, 15) is 4.79 Å². The topological polar surface area (TPSA) is 94.1 Å². The molecule has 0 saturated carbocycles. The van der Waals surface area contributed by atoms with Crippen molar-refractivity contribution in [3.8, 4) is 11.7 Å². The standard InChI is InChI=1S/C17H12N4O3/c22-15(10-11-5-6-12-3-1-2-4-13(12)9-11)19-17-21-20-16(23-17)14-7-8-18-24-14/h1-9H,10H2,(H,19,21,22). The van der Waals surface area contributed by atoms with E-state index in [4.69, 9.17) is 8.94 Å². The van der Waals surface area contributed by atoms with Gasteiger partial charge in [0, 0.05) is 6.07 Å². The minimum absolute atomic E-state index is 0.0205. The SMILES string of the molecule is O=C(Cc1ccc2ccccc2c1)Nc1nnc(-c2ccno2)o1. The van der Waals surface area contributed by atoms with Gasteiger partial charge in [0.1, 0.15) is 0 Å². The highest BCUT2D eigenvalue weighted by Gasteiger charge is 2.14. The average molecular weight is 320 g/mol. The second-order valence-electron chi connectivity index (χ2n) is 5.20. The van der Waals surface area contributed by atoms with E-state index in [0.29, 0.717) is 5.76 Å². The molecular weight excluding hydrogens is 308 g/mol. The van der Waals surface area contributed by atoms with E-state index >= 15 is 0 Å². The monoisotopic (exact) mass is 320 g/mol. The first kappa shape index (κ1) is 14.1. The Labute approximate surface area is 136 Å². The number of nitrogens with zero attached hydrogens (tertiary/aromatic N) is 3. The van der Waals surface area contributed by atoms with Gasteiger partial charge in [0.2, 0.25) is 11.7 Å². The zero-order valence-corrected chi connectivity index (χ0v) is 12.5. The van der Waals surface area contributed by atoms with Gasteiger partial charge in [-0.1, -0.05) is 52.7 Å². The summed E-state index contributed by atoms with van der Waals surface area (Å²) < 4.78 is 10.2. The maximum absolute atomic E-state index is 12.1. The molecule has 0 aliphatic carbocycles. The van der Waals surface area contributed by atoms with E-state index in [2.05, 4.69) is 20.7 Å². The van der Waals surface area contributed by atoms with Gasteiger partial charge < -0.3 is 8.94 Å². The zero-order chi connectivity index (χ0) is 16.4. The molecule has 0 spiro atoms. The predicted octanol–water partition coefficient (Wildman–Crippen LogP) is 3.06. The van der Waals surface area contributed by atoms with E-state index in [0.717, 1.165) is 16.3 Å². The third-order valence-corrected chi connectivity index (χ3v) is 3.50. The van der Waals surface area contributed by atoms with Gasteiger partial charge in [0.15, 0.2) is 0 Å². The Hall–Kier alpha value is -3.48. The summed E-state index contributed by atoms with van der Waals surface area (Å²) >= 11 is 0. The number of aromatic nitrogens is 3. The molecular formula is C17H12N4O3. The molecule has 0 bridgehead atoms. The zero-order valence-electron chi connectivity index (χ0n) is 12.5. The van der Waals surface area contributed by atoms with Crippen LogP contribution in [0, 0.1) is 0 Å². The van der Waals surface area contributed by atoms with Crippen molar-refractivity contribution in [2.75, 3.05) is 5.32 Å². The van der Waals surface area contributed by atoms with E-state index in [1.165, 1.54) is 6.20 Å². The summed E-state index contributed by atoms with van der Waals surface area (Å²) in [6.07, 6.45) is 1.68. The van der Waals surface area contributed by atoms with Gasteiger partial charge in [0.25, 0.3) is 5.89 Å². The van der Waals surface area contributed by atoms with Crippen LogP contribution in [0.2, 0.25) is 0 Å². The maximum atomic E-state index is 12.1.